The van der Waals surface area contributed by atoms with E-state index in [1.54, 1.807) is 0 Å². The molecule has 2 aliphatic heterocycles. The molecule has 3 rings (SSSR count). The van der Waals surface area contributed by atoms with Crippen LogP contribution in [0.2, 0.25) is 0 Å². The lowest BCUT2D eigenvalue weighted by Gasteiger charge is -2.44. The number of fused-ring (bicyclic) bond motifs is 2. The van der Waals surface area contributed by atoms with Gasteiger partial charge in [0, 0.05) is 0 Å². The van der Waals surface area contributed by atoms with Crippen LogP contribution in [0.5, 0.6) is 5.75 Å². The summed E-state index contributed by atoms with van der Waals surface area (Å²) in [5, 5.41) is 0. The quantitative estimate of drug-likeness (QED) is 0.834. The first kappa shape index (κ1) is 17.8. The molecular weight excluding hydrogens is 318 g/mol. The maximum Gasteiger partial charge on any atom is 0.411 e. The van der Waals surface area contributed by atoms with Crippen molar-refractivity contribution in [3.05, 3.63) is 35.9 Å². The minimum Gasteiger partial charge on any atom is -0.494 e. The van der Waals surface area contributed by atoms with E-state index in [-0.39, 0.29) is 18.2 Å². The minimum absolute atomic E-state index is 0.00403. The zero-order chi connectivity index (χ0) is 18.0. The van der Waals surface area contributed by atoms with Crippen molar-refractivity contribution in [1.82, 2.24) is 4.90 Å². The normalized spacial score (nSPS) is 23.0. The summed E-state index contributed by atoms with van der Waals surface area (Å²) < 4.78 is 16.9. The van der Waals surface area contributed by atoms with Gasteiger partial charge in [-0.3, -0.25) is 4.90 Å². The summed E-state index contributed by atoms with van der Waals surface area (Å²) in [5.74, 6) is 0.872. The summed E-state index contributed by atoms with van der Waals surface area (Å²) in [4.78, 5) is 14.4. The van der Waals surface area contributed by atoms with Gasteiger partial charge in [-0.2, -0.15) is 0 Å². The van der Waals surface area contributed by atoms with E-state index in [0.717, 1.165) is 17.7 Å². The molecule has 1 aromatic carbocycles. The van der Waals surface area contributed by atoms with Crippen molar-refractivity contribution in [2.24, 2.45) is 0 Å². The average molecular weight is 345 g/mol. The van der Waals surface area contributed by atoms with E-state index in [9.17, 15) is 4.79 Å². The van der Waals surface area contributed by atoms with Crippen LogP contribution in [0, 0.1) is 0 Å². The number of hydrogen-bond acceptors (Lipinski definition) is 4. The van der Waals surface area contributed by atoms with Gasteiger partial charge in [0.05, 0.1) is 31.9 Å². The lowest BCUT2D eigenvalue weighted by molar-refractivity contribution is -0.0510. The lowest BCUT2D eigenvalue weighted by Crippen LogP contribution is -2.57. The third-order valence-electron chi connectivity index (χ3n) is 4.32. The first-order valence-corrected chi connectivity index (χ1v) is 8.90. The van der Waals surface area contributed by atoms with E-state index in [0.29, 0.717) is 19.8 Å². The predicted molar refractivity (Wildman–Crippen MR) is 96.7 cm³/mol. The smallest absolute Gasteiger partial charge is 0.411 e. The number of benzene rings is 1. The number of carbonyl (C=O) groups excluding carboxylic acids is 1. The predicted octanol–water partition coefficient (Wildman–Crippen LogP) is 3.88. The van der Waals surface area contributed by atoms with E-state index < -0.39 is 5.60 Å². The molecule has 5 nitrogen and oxygen atoms in total. The van der Waals surface area contributed by atoms with Gasteiger partial charge in [0.2, 0.25) is 0 Å². The summed E-state index contributed by atoms with van der Waals surface area (Å²) in [6, 6.07) is 8.04. The Kier molecular flexibility index (Phi) is 5.04. The summed E-state index contributed by atoms with van der Waals surface area (Å²) in [5.41, 5.74) is 1.88. The van der Waals surface area contributed by atoms with E-state index in [4.69, 9.17) is 14.2 Å². The molecule has 0 aliphatic carbocycles. The standard InChI is InChI=1S/C20H27NO4/c1-5-24-18-8-6-7-14(11-18)15-9-16-12-23-13-17(10-15)21(16)19(22)25-20(2,3)4/h6-9,11,16-17H,5,10,12-13H2,1-4H3. The van der Waals surface area contributed by atoms with Gasteiger partial charge in [-0.1, -0.05) is 18.2 Å². The highest BCUT2D eigenvalue weighted by Gasteiger charge is 2.40. The Morgan fingerprint density at radius 1 is 1.32 bits per heavy atom. The van der Waals surface area contributed by atoms with Gasteiger partial charge < -0.3 is 14.2 Å². The number of morpholine rings is 1. The molecule has 2 unspecified atom stereocenters. The van der Waals surface area contributed by atoms with Crippen LogP contribution in [0.25, 0.3) is 5.57 Å². The third-order valence-corrected chi connectivity index (χ3v) is 4.32. The van der Waals surface area contributed by atoms with Crippen molar-refractivity contribution in [3.63, 3.8) is 0 Å². The highest BCUT2D eigenvalue weighted by molar-refractivity contribution is 5.75. The van der Waals surface area contributed by atoms with Crippen molar-refractivity contribution >= 4 is 11.7 Å². The molecule has 2 heterocycles. The molecule has 2 atom stereocenters. The largest absolute Gasteiger partial charge is 0.494 e. The fraction of sp³-hybridized carbons (Fsp3) is 0.550. The van der Waals surface area contributed by atoms with E-state index in [1.807, 2.05) is 44.7 Å². The van der Waals surface area contributed by atoms with Gasteiger partial charge in [0.15, 0.2) is 0 Å². The molecule has 0 spiro atoms. The van der Waals surface area contributed by atoms with Crippen LogP contribution in [-0.4, -0.2) is 48.5 Å². The van der Waals surface area contributed by atoms with Gasteiger partial charge in [-0.05, 0) is 57.4 Å². The molecule has 1 amide bonds. The third kappa shape index (κ3) is 4.15. The fourth-order valence-corrected chi connectivity index (χ4v) is 3.36. The molecule has 0 saturated carbocycles. The highest BCUT2D eigenvalue weighted by atomic mass is 16.6. The maximum atomic E-state index is 12.6. The van der Waals surface area contributed by atoms with Crippen LogP contribution < -0.4 is 4.74 Å². The first-order chi connectivity index (χ1) is 11.9. The first-order valence-electron chi connectivity index (χ1n) is 8.90. The van der Waals surface area contributed by atoms with Crippen molar-refractivity contribution < 1.29 is 19.0 Å². The second-order valence-electron chi connectivity index (χ2n) is 7.50. The number of amides is 1. The Bertz CT molecular complexity index is 662. The fourth-order valence-electron chi connectivity index (χ4n) is 3.36. The molecule has 2 aliphatic rings. The van der Waals surface area contributed by atoms with Crippen molar-refractivity contribution in [2.45, 2.75) is 51.8 Å². The van der Waals surface area contributed by atoms with Gasteiger partial charge >= 0.3 is 6.09 Å². The van der Waals surface area contributed by atoms with Gasteiger partial charge in [-0.25, -0.2) is 4.79 Å². The Balaban J connectivity index is 1.84. The van der Waals surface area contributed by atoms with Gasteiger partial charge in [-0.15, -0.1) is 0 Å². The molecule has 0 radical (unpaired) electrons. The van der Waals surface area contributed by atoms with Gasteiger partial charge in [0.1, 0.15) is 11.4 Å². The summed E-state index contributed by atoms with van der Waals surface area (Å²) in [7, 11) is 0. The van der Waals surface area contributed by atoms with Crippen LogP contribution in [0.1, 0.15) is 39.7 Å². The van der Waals surface area contributed by atoms with Crippen LogP contribution in [-0.2, 0) is 9.47 Å². The van der Waals surface area contributed by atoms with Gasteiger partial charge in [0.25, 0.3) is 0 Å². The Morgan fingerprint density at radius 3 is 2.80 bits per heavy atom. The number of carbonyl (C=O) groups is 1. The second kappa shape index (κ2) is 7.08. The Hall–Kier alpha value is -2.01. The second-order valence-corrected chi connectivity index (χ2v) is 7.50. The molecule has 2 bridgehead atoms. The SMILES string of the molecule is CCOc1cccc(C2=CC3COCC(C2)N3C(=O)OC(C)(C)C)c1. The van der Waals surface area contributed by atoms with Crippen LogP contribution >= 0.6 is 0 Å². The molecule has 25 heavy (non-hydrogen) atoms. The van der Waals surface area contributed by atoms with Crippen molar-refractivity contribution in [3.8, 4) is 5.75 Å². The number of nitrogens with zero attached hydrogens (tertiary/aromatic N) is 1. The minimum atomic E-state index is -0.498. The number of hydrogen-bond donors (Lipinski definition) is 0. The van der Waals surface area contributed by atoms with Crippen molar-refractivity contribution in [2.75, 3.05) is 19.8 Å². The average Bonchev–Trinajstić information content (AvgIpc) is 2.52. The Morgan fingerprint density at radius 2 is 2.12 bits per heavy atom. The topological polar surface area (TPSA) is 48.0 Å². The Labute approximate surface area is 149 Å². The zero-order valence-electron chi connectivity index (χ0n) is 15.5. The maximum absolute atomic E-state index is 12.6. The molecule has 0 N–H and O–H groups in total. The van der Waals surface area contributed by atoms with E-state index in [2.05, 4.69) is 18.2 Å². The lowest BCUT2D eigenvalue weighted by atomic mass is 9.90. The van der Waals surface area contributed by atoms with Crippen LogP contribution in [0.15, 0.2) is 30.3 Å². The molecule has 1 saturated heterocycles. The van der Waals surface area contributed by atoms with E-state index in [1.165, 1.54) is 5.57 Å². The monoisotopic (exact) mass is 345 g/mol. The molecule has 1 fully saturated rings. The molecule has 1 aromatic rings. The number of ether oxygens (including phenoxy) is 3. The summed E-state index contributed by atoms with van der Waals surface area (Å²) in [6.45, 7) is 9.34. The van der Waals surface area contributed by atoms with Crippen LogP contribution in [0.3, 0.4) is 0 Å². The summed E-state index contributed by atoms with van der Waals surface area (Å²) in [6.07, 6.45) is 2.62. The summed E-state index contributed by atoms with van der Waals surface area (Å²) >= 11 is 0. The molecule has 5 heteroatoms. The van der Waals surface area contributed by atoms with Crippen LogP contribution in [0.4, 0.5) is 4.79 Å². The van der Waals surface area contributed by atoms with Crippen molar-refractivity contribution in [1.29, 1.82) is 0 Å². The highest BCUT2D eigenvalue weighted by Crippen LogP contribution is 2.34. The molecule has 136 valence electrons. The number of rotatable bonds is 3. The van der Waals surface area contributed by atoms with E-state index >= 15 is 0 Å². The molecular formula is C20H27NO4. The molecule has 0 aromatic heterocycles. The zero-order valence-corrected chi connectivity index (χ0v) is 15.5.